The second-order valence-electron chi connectivity index (χ2n) is 4.82. The van der Waals surface area contributed by atoms with E-state index in [9.17, 15) is 18.3 Å². The number of halogens is 3. The van der Waals surface area contributed by atoms with E-state index < -0.39 is 11.8 Å². The van der Waals surface area contributed by atoms with E-state index in [2.05, 4.69) is 0 Å². The Morgan fingerprint density at radius 1 is 0.905 bits per heavy atom. The molecule has 0 heterocycles. The largest absolute Gasteiger partial charge is 0.425 e. The predicted molar refractivity (Wildman–Crippen MR) is 76.6 cm³/mol. The number of rotatable bonds is 3. The Morgan fingerprint density at radius 3 is 2.05 bits per heavy atom. The Labute approximate surface area is 121 Å². The van der Waals surface area contributed by atoms with Crippen molar-refractivity contribution in [3.8, 4) is 0 Å². The van der Waals surface area contributed by atoms with Gasteiger partial charge < -0.3 is 5.11 Å². The van der Waals surface area contributed by atoms with Gasteiger partial charge in [-0.05, 0) is 29.7 Å². The molecule has 0 aliphatic rings. The van der Waals surface area contributed by atoms with Gasteiger partial charge in [0.15, 0.2) is 0 Å². The molecule has 0 radical (unpaired) electrons. The first kappa shape index (κ1) is 15.3. The fourth-order valence-corrected chi connectivity index (χ4v) is 2.12. The average Bonchev–Trinajstić information content (AvgIpc) is 2.45. The summed E-state index contributed by atoms with van der Waals surface area (Å²) < 4.78 is 40.1. The molecule has 0 fully saturated rings. The zero-order chi connectivity index (χ0) is 15.5. The summed E-state index contributed by atoms with van der Waals surface area (Å²) >= 11 is 0. The first-order valence-corrected chi connectivity index (χ1v) is 6.44. The quantitative estimate of drug-likeness (QED) is 0.885. The number of alkyl halides is 3. The molecule has 0 bridgehead atoms. The zero-order valence-electron chi connectivity index (χ0n) is 11.4. The molecule has 2 aromatic carbocycles. The highest BCUT2D eigenvalue weighted by Gasteiger charge is 2.53. The van der Waals surface area contributed by atoms with Gasteiger partial charge in [0.05, 0.1) is 0 Å². The van der Waals surface area contributed by atoms with Crippen molar-refractivity contribution in [2.75, 3.05) is 0 Å². The zero-order valence-corrected chi connectivity index (χ0v) is 11.4. The SMILES string of the molecule is Cc1ccccc1C(O)(C=Cc1ccccc1)C(F)(F)F. The maximum absolute atomic E-state index is 13.4. The molecule has 1 unspecified atom stereocenters. The van der Waals surface area contributed by atoms with Crippen molar-refractivity contribution < 1.29 is 18.3 Å². The van der Waals surface area contributed by atoms with Crippen LogP contribution in [-0.4, -0.2) is 11.3 Å². The van der Waals surface area contributed by atoms with E-state index in [-0.39, 0.29) is 5.56 Å². The highest BCUT2D eigenvalue weighted by atomic mass is 19.4. The van der Waals surface area contributed by atoms with Crippen LogP contribution in [0.5, 0.6) is 0 Å². The molecule has 1 nitrogen and oxygen atoms in total. The number of aryl methyl sites for hydroxylation is 1. The molecule has 0 saturated heterocycles. The summed E-state index contributed by atoms with van der Waals surface area (Å²) in [5.74, 6) is 0. The van der Waals surface area contributed by atoms with Crippen LogP contribution in [0.4, 0.5) is 13.2 Å². The summed E-state index contributed by atoms with van der Waals surface area (Å²) in [6, 6.07) is 14.5. The molecular weight excluding hydrogens is 277 g/mol. The molecular formula is C17H15F3O. The van der Waals surface area contributed by atoms with Gasteiger partial charge in [0, 0.05) is 0 Å². The van der Waals surface area contributed by atoms with Crippen LogP contribution < -0.4 is 0 Å². The van der Waals surface area contributed by atoms with Crippen LogP contribution in [0, 0.1) is 6.92 Å². The van der Waals surface area contributed by atoms with E-state index in [1.54, 1.807) is 49.4 Å². The van der Waals surface area contributed by atoms with Gasteiger partial charge in [0.1, 0.15) is 0 Å². The second-order valence-corrected chi connectivity index (χ2v) is 4.82. The highest BCUT2D eigenvalue weighted by molar-refractivity contribution is 5.52. The highest BCUT2D eigenvalue weighted by Crippen LogP contribution is 2.41. The van der Waals surface area contributed by atoms with Crippen molar-refractivity contribution in [2.45, 2.75) is 18.7 Å². The molecule has 0 spiro atoms. The summed E-state index contributed by atoms with van der Waals surface area (Å²) in [4.78, 5) is 0. The Hall–Kier alpha value is -2.07. The van der Waals surface area contributed by atoms with Crippen LogP contribution in [0.2, 0.25) is 0 Å². The van der Waals surface area contributed by atoms with Gasteiger partial charge in [-0.1, -0.05) is 60.7 Å². The Kier molecular flexibility index (Phi) is 4.19. The lowest BCUT2D eigenvalue weighted by atomic mass is 9.88. The van der Waals surface area contributed by atoms with Gasteiger partial charge in [0.2, 0.25) is 5.60 Å². The van der Waals surface area contributed by atoms with E-state index >= 15 is 0 Å². The fourth-order valence-electron chi connectivity index (χ4n) is 2.12. The van der Waals surface area contributed by atoms with Crippen LogP contribution in [0.25, 0.3) is 6.08 Å². The Bertz CT molecular complexity index is 632. The van der Waals surface area contributed by atoms with Gasteiger partial charge in [-0.2, -0.15) is 13.2 Å². The number of benzene rings is 2. The monoisotopic (exact) mass is 292 g/mol. The van der Waals surface area contributed by atoms with Crippen molar-refractivity contribution in [3.05, 3.63) is 77.4 Å². The van der Waals surface area contributed by atoms with E-state index in [0.29, 0.717) is 11.1 Å². The number of hydrogen-bond acceptors (Lipinski definition) is 1. The van der Waals surface area contributed by atoms with E-state index in [0.717, 1.165) is 6.08 Å². The van der Waals surface area contributed by atoms with E-state index in [1.807, 2.05) is 0 Å². The fraction of sp³-hybridized carbons (Fsp3) is 0.176. The van der Waals surface area contributed by atoms with Gasteiger partial charge in [-0.3, -0.25) is 0 Å². The molecule has 2 rings (SSSR count). The summed E-state index contributed by atoms with van der Waals surface area (Å²) in [6.07, 6.45) is -2.73. The maximum Gasteiger partial charge on any atom is 0.425 e. The molecule has 1 N–H and O–H groups in total. The first-order chi connectivity index (χ1) is 9.84. The van der Waals surface area contributed by atoms with E-state index in [4.69, 9.17) is 0 Å². The molecule has 0 aromatic heterocycles. The predicted octanol–water partition coefficient (Wildman–Crippen LogP) is 4.46. The summed E-state index contributed by atoms with van der Waals surface area (Å²) in [5, 5.41) is 10.2. The minimum Gasteiger partial charge on any atom is -0.373 e. The molecule has 0 saturated carbocycles. The molecule has 0 amide bonds. The molecule has 0 aliphatic carbocycles. The minimum absolute atomic E-state index is 0.162. The molecule has 0 aliphatic heterocycles. The molecule has 4 heteroatoms. The van der Waals surface area contributed by atoms with Gasteiger partial charge in [-0.15, -0.1) is 0 Å². The van der Waals surface area contributed by atoms with E-state index in [1.165, 1.54) is 18.2 Å². The van der Waals surface area contributed by atoms with Crippen LogP contribution in [0.3, 0.4) is 0 Å². The van der Waals surface area contributed by atoms with Crippen LogP contribution in [0.15, 0.2) is 60.7 Å². The first-order valence-electron chi connectivity index (χ1n) is 6.44. The van der Waals surface area contributed by atoms with Crippen molar-refractivity contribution >= 4 is 6.08 Å². The third kappa shape index (κ3) is 3.16. The standard InChI is InChI=1S/C17H15F3O/c1-13-7-5-6-10-15(13)16(21,17(18,19)20)12-11-14-8-3-2-4-9-14/h2-12,21H,1H3. The lowest BCUT2D eigenvalue weighted by Gasteiger charge is -2.29. The number of hydrogen-bond donors (Lipinski definition) is 1. The van der Waals surface area contributed by atoms with Crippen molar-refractivity contribution in [2.24, 2.45) is 0 Å². The van der Waals surface area contributed by atoms with Crippen molar-refractivity contribution in [1.82, 2.24) is 0 Å². The topological polar surface area (TPSA) is 20.2 Å². The molecule has 21 heavy (non-hydrogen) atoms. The van der Waals surface area contributed by atoms with Gasteiger partial charge >= 0.3 is 6.18 Å². The Morgan fingerprint density at radius 2 is 1.48 bits per heavy atom. The summed E-state index contributed by atoms with van der Waals surface area (Å²) in [5.41, 5.74) is -2.19. The molecule has 2 aromatic rings. The van der Waals surface area contributed by atoms with Crippen LogP contribution in [-0.2, 0) is 5.60 Å². The van der Waals surface area contributed by atoms with Crippen molar-refractivity contribution in [1.29, 1.82) is 0 Å². The Balaban J connectivity index is 2.49. The normalized spacial score (nSPS) is 15.1. The number of aliphatic hydroxyl groups is 1. The second kappa shape index (κ2) is 5.74. The molecule has 1 atom stereocenters. The lowest BCUT2D eigenvalue weighted by molar-refractivity contribution is -0.245. The maximum atomic E-state index is 13.4. The summed E-state index contributed by atoms with van der Waals surface area (Å²) in [6.45, 7) is 1.54. The molecule has 110 valence electrons. The average molecular weight is 292 g/mol. The smallest absolute Gasteiger partial charge is 0.373 e. The van der Waals surface area contributed by atoms with Gasteiger partial charge in [-0.25, -0.2) is 0 Å². The summed E-state index contributed by atoms with van der Waals surface area (Å²) in [7, 11) is 0. The minimum atomic E-state index is -4.80. The van der Waals surface area contributed by atoms with Crippen LogP contribution >= 0.6 is 0 Å². The third-order valence-electron chi connectivity index (χ3n) is 3.30. The lowest BCUT2D eigenvalue weighted by Crippen LogP contribution is -2.41. The van der Waals surface area contributed by atoms with Crippen molar-refractivity contribution in [3.63, 3.8) is 0 Å². The van der Waals surface area contributed by atoms with Gasteiger partial charge in [0.25, 0.3) is 0 Å². The third-order valence-corrected chi connectivity index (χ3v) is 3.30. The van der Waals surface area contributed by atoms with Crippen LogP contribution in [0.1, 0.15) is 16.7 Å².